The molecule has 0 saturated carbocycles. The minimum atomic E-state index is -3.95. The van der Waals surface area contributed by atoms with E-state index in [1.165, 1.54) is 19.1 Å². The Balaban J connectivity index is 2.20. The molecule has 132 valence electrons. The third-order valence-electron chi connectivity index (χ3n) is 4.21. The maximum atomic E-state index is 12.3. The first-order valence-electron chi connectivity index (χ1n) is 7.75. The number of hydrogen-bond donors (Lipinski definition) is 1. The second-order valence-corrected chi connectivity index (χ2v) is 7.57. The second kappa shape index (κ2) is 6.90. The number of hydrogen-bond acceptors (Lipinski definition) is 5. The lowest BCUT2D eigenvalue weighted by molar-refractivity contribution is -0.138. The number of esters is 1. The highest BCUT2D eigenvalue weighted by Crippen LogP contribution is 2.21. The Labute approximate surface area is 141 Å². The molecule has 24 heavy (non-hydrogen) atoms. The van der Waals surface area contributed by atoms with Crippen molar-refractivity contribution >= 4 is 21.9 Å². The zero-order valence-corrected chi connectivity index (χ0v) is 14.9. The maximum Gasteiger partial charge on any atom is 0.338 e. The normalized spacial score (nSPS) is 16.1. The van der Waals surface area contributed by atoms with Gasteiger partial charge in [-0.15, -0.1) is 0 Å². The van der Waals surface area contributed by atoms with Crippen LogP contribution in [0.25, 0.3) is 0 Å². The van der Waals surface area contributed by atoms with Gasteiger partial charge in [-0.25, -0.2) is 18.4 Å². The first kappa shape index (κ1) is 18.4. The molecular weight excluding hydrogens is 332 g/mol. The van der Waals surface area contributed by atoms with Crippen molar-refractivity contribution in [3.63, 3.8) is 0 Å². The van der Waals surface area contributed by atoms with Crippen LogP contribution in [0.2, 0.25) is 0 Å². The number of carbonyl (C=O) groups is 2. The Morgan fingerprint density at radius 3 is 2.33 bits per heavy atom. The van der Waals surface area contributed by atoms with Crippen molar-refractivity contribution in [2.24, 2.45) is 5.14 Å². The van der Waals surface area contributed by atoms with E-state index in [1.807, 2.05) is 0 Å². The lowest BCUT2D eigenvalue weighted by Crippen LogP contribution is -2.38. The van der Waals surface area contributed by atoms with Crippen molar-refractivity contribution < 1.29 is 22.7 Å². The van der Waals surface area contributed by atoms with E-state index in [9.17, 15) is 18.0 Å². The van der Waals surface area contributed by atoms with E-state index >= 15 is 0 Å². The highest BCUT2D eigenvalue weighted by molar-refractivity contribution is 7.89. The summed E-state index contributed by atoms with van der Waals surface area (Å²) in [6.45, 7) is 6.14. The predicted molar refractivity (Wildman–Crippen MR) is 88.0 cm³/mol. The number of nitrogens with zero attached hydrogens (tertiary/aromatic N) is 1. The van der Waals surface area contributed by atoms with Crippen molar-refractivity contribution in [2.75, 3.05) is 13.1 Å². The van der Waals surface area contributed by atoms with Gasteiger partial charge >= 0.3 is 5.97 Å². The summed E-state index contributed by atoms with van der Waals surface area (Å²) in [4.78, 5) is 26.0. The van der Waals surface area contributed by atoms with Gasteiger partial charge in [-0.1, -0.05) is 0 Å². The van der Waals surface area contributed by atoms with E-state index in [1.54, 1.807) is 18.7 Å². The summed E-state index contributed by atoms with van der Waals surface area (Å²) in [5.74, 6) is -0.987. The fraction of sp³-hybridized carbons (Fsp3) is 0.500. The van der Waals surface area contributed by atoms with Crippen LogP contribution in [0.3, 0.4) is 0 Å². The SMILES string of the molecule is Cc1cc(C(=O)OC(C)C(=O)N2CCCC2)cc(S(N)(=O)=O)c1C. The molecule has 0 spiro atoms. The van der Waals surface area contributed by atoms with Gasteiger partial charge in [0.2, 0.25) is 10.0 Å². The molecule has 1 aliphatic heterocycles. The van der Waals surface area contributed by atoms with Gasteiger partial charge in [0, 0.05) is 13.1 Å². The molecule has 0 aliphatic carbocycles. The predicted octanol–water partition coefficient (Wildman–Crippen LogP) is 1.12. The highest BCUT2D eigenvalue weighted by Gasteiger charge is 2.27. The Morgan fingerprint density at radius 2 is 1.79 bits per heavy atom. The summed E-state index contributed by atoms with van der Waals surface area (Å²) in [7, 11) is -3.95. The molecule has 1 unspecified atom stereocenters. The van der Waals surface area contributed by atoms with Gasteiger partial charge in [0.1, 0.15) is 0 Å². The van der Waals surface area contributed by atoms with Crippen molar-refractivity contribution in [1.29, 1.82) is 0 Å². The third kappa shape index (κ3) is 3.93. The van der Waals surface area contributed by atoms with E-state index in [4.69, 9.17) is 9.88 Å². The van der Waals surface area contributed by atoms with Crippen molar-refractivity contribution in [3.8, 4) is 0 Å². The van der Waals surface area contributed by atoms with Crippen LogP contribution in [-0.2, 0) is 19.6 Å². The van der Waals surface area contributed by atoms with Crippen LogP contribution in [0, 0.1) is 13.8 Å². The number of ether oxygens (including phenoxy) is 1. The monoisotopic (exact) mass is 354 g/mol. The third-order valence-corrected chi connectivity index (χ3v) is 5.25. The van der Waals surface area contributed by atoms with E-state index < -0.39 is 22.1 Å². The van der Waals surface area contributed by atoms with Gasteiger partial charge in [-0.3, -0.25) is 4.79 Å². The van der Waals surface area contributed by atoms with E-state index in [2.05, 4.69) is 0 Å². The van der Waals surface area contributed by atoms with Crippen LogP contribution in [0.4, 0.5) is 0 Å². The smallest absolute Gasteiger partial charge is 0.338 e. The van der Waals surface area contributed by atoms with Crippen LogP contribution in [-0.4, -0.2) is 44.4 Å². The minimum absolute atomic E-state index is 0.0585. The van der Waals surface area contributed by atoms with Crippen molar-refractivity contribution in [3.05, 3.63) is 28.8 Å². The first-order valence-corrected chi connectivity index (χ1v) is 9.29. The van der Waals surface area contributed by atoms with E-state index in [0.717, 1.165) is 12.8 Å². The van der Waals surface area contributed by atoms with Gasteiger partial charge < -0.3 is 9.64 Å². The second-order valence-electron chi connectivity index (χ2n) is 6.04. The standard InChI is InChI=1S/C16H22N2O5S/c1-10-8-13(9-14(11(10)2)24(17,21)22)16(20)23-12(3)15(19)18-6-4-5-7-18/h8-9,12H,4-7H2,1-3H3,(H2,17,21,22). The molecule has 0 radical (unpaired) electrons. The maximum absolute atomic E-state index is 12.3. The summed E-state index contributed by atoms with van der Waals surface area (Å²) >= 11 is 0. The van der Waals surface area contributed by atoms with Gasteiger partial charge in [-0.2, -0.15) is 0 Å². The molecule has 8 heteroatoms. The molecule has 1 aromatic rings. The number of carbonyl (C=O) groups excluding carboxylic acids is 2. The Kier molecular flexibility index (Phi) is 5.29. The van der Waals surface area contributed by atoms with Crippen LogP contribution < -0.4 is 5.14 Å². The number of benzene rings is 1. The topological polar surface area (TPSA) is 107 Å². The lowest BCUT2D eigenvalue weighted by atomic mass is 10.1. The summed E-state index contributed by atoms with van der Waals surface area (Å²) < 4.78 is 28.5. The Bertz CT molecular complexity index is 767. The number of rotatable bonds is 4. The molecule has 1 heterocycles. The molecule has 2 N–H and O–H groups in total. The summed E-state index contributed by atoms with van der Waals surface area (Å²) in [6, 6.07) is 2.71. The number of nitrogens with two attached hydrogens (primary N) is 1. The van der Waals surface area contributed by atoms with Gasteiger partial charge in [0.05, 0.1) is 10.5 Å². The molecule has 0 bridgehead atoms. The fourth-order valence-electron chi connectivity index (χ4n) is 2.71. The zero-order valence-electron chi connectivity index (χ0n) is 14.0. The summed E-state index contributed by atoms with van der Waals surface area (Å²) in [6.07, 6.45) is 0.970. The van der Waals surface area contributed by atoms with Crippen LogP contribution in [0.5, 0.6) is 0 Å². The minimum Gasteiger partial charge on any atom is -0.449 e. The molecular formula is C16H22N2O5S. The van der Waals surface area contributed by atoms with Gasteiger partial charge in [0.25, 0.3) is 5.91 Å². The van der Waals surface area contributed by atoms with E-state index in [0.29, 0.717) is 24.2 Å². The van der Waals surface area contributed by atoms with Crippen molar-refractivity contribution in [2.45, 2.75) is 44.6 Å². The molecule has 1 aliphatic rings. The average Bonchev–Trinajstić information content (AvgIpc) is 3.01. The largest absolute Gasteiger partial charge is 0.449 e. The fourth-order valence-corrected chi connectivity index (χ4v) is 3.59. The number of likely N-dealkylation sites (tertiary alicyclic amines) is 1. The highest BCUT2D eigenvalue weighted by atomic mass is 32.2. The van der Waals surface area contributed by atoms with Gasteiger partial charge in [0.15, 0.2) is 6.10 Å². The zero-order chi connectivity index (χ0) is 18.1. The number of sulfonamides is 1. The van der Waals surface area contributed by atoms with Crippen LogP contribution in [0.1, 0.15) is 41.3 Å². The summed E-state index contributed by atoms with van der Waals surface area (Å²) in [5, 5.41) is 5.19. The molecule has 1 atom stereocenters. The average molecular weight is 354 g/mol. The lowest BCUT2D eigenvalue weighted by Gasteiger charge is -2.20. The molecule has 1 saturated heterocycles. The van der Waals surface area contributed by atoms with Gasteiger partial charge in [-0.05, 0) is 56.9 Å². The van der Waals surface area contributed by atoms with E-state index in [-0.39, 0.29) is 16.4 Å². The molecule has 1 amide bonds. The van der Waals surface area contributed by atoms with Crippen LogP contribution >= 0.6 is 0 Å². The molecule has 2 rings (SSSR count). The molecule has 1 fully saturated rings. The number of primary sulfonamides is 1. The molecule has 1 aromatic carbocycles. The Morgan fingerprint density at radius 1 is 1.21 bits per heavy atom. The van der Waals surface area contributed by atoms with Crippen LogP contribution in [0.15, 0.2) is 17.0 Å². The van der Waals surface area contributed by atoms with Crippen molar-refractivity contribution in [1.82, 2.24) is 4.90 Å². The Hall–Kier alpha value is -1.93. The first-order chi connectivity index (χ1) is 11.1. The molecule has 7 nitrogen and oxygen atoms in total. The number of aryl methyl sites for hydroxylation is 1. The summed E-state index contributed by atoms with van der Waals surface area (Å²) in [5.41, 5.74) is 1.14. The molecule has 0 aromatic heterocycles. The number of amides is 1. The quantitative estimate of drug-likeness (QED) is 0.815.